The molecule has 5 nitrogen and oxygen atoms in total. The van der Waals surface area contributed by atoms with E-state index in [1.807, 2.05) is 18.2 Å². The van der Waals surface area contributed by atoms with Crippen molar-refractivity contribution in [3.8, 4) is 28.4 Å². The van der Waals surface area contributed by atoms with Crippen molar-refractivity contribution in [1.29, 1.82) is 0 Å². The van der Waals surface area contributed by atoms with Crippen molar-refractivity contribution in [2.75, 3.05) is 5.73 Å². The van der Waals surface area contributed by atoms with Gasteiger partial charge in [-0.2, -0.15) is 0 Å². The molecule has 0 radical (unpaired) electrons. The minimum atomic E-state index is -0.794. The maximum atomic E-state index is 10.9. The number of hydrogen-bond acceptors (Lipinski definition) is 5. The topological polar surface area (TPSA) is 88.1 Å². The van der Waals surface area contributed by atoms with Gasteiger partial charge < -0.3 is 20.8 Å². The van der Waals surface area contributed by atoms with Crippen molar-refractivity contribution < 1.29 is 15.1 Å². The molecule has 1 aliphatic rings. The molecule has 0 amide bonds. The summed E-state index contributed by atoms with van der Waals surface area (Å²) in [6.45, 7) is 12.0. The van der Waals surface area contributed by atoms with Crippen molar-refractivity contribution in [2.24, 2.45) is 5.16 Å². The Balaban J connectivity index is 1.96. The third-order valence-corrected chi connectivity index (χ3v) is 7.17. The zero-order valence-electron chi connectivity index (χ0n) is 21.0. The molecule has 1 aliphatic carbocycles. The first-order chi connectivity index (χ1) is 17.1. The highest BCUT2D eigenvalue weighted by Gasteiger charge is 2.47. The summed E-state index contributed by atoms with van der Waals surface area (Å²) in [5.41, 5.74) is 14.2. The van der Waals surface area contributed by atoms with Gasteiger partial charge in [0.05, 0.1) is 11.1 Å². The van der Waals surface area contributed by atoms with E-state index in [9.17, 15) is 10.2 Å². The summed E-state index contributed by atoms with van der Waals surface area (Å²) in [4.78, 5) is 5.16. The number of benzene rings is 4. The van der Waals surface area contributed by atoms with Gasteiger partial charge >= 0.3 is 0 Å². The summed E-state index contributed by atoms with van der Waals surface area (Å²) in [6.07, 6.45) is 0. The summed E-state index contributed by atoms with van der Waals surface area (Å²) in [5.74, 6) is 0.213. The van der Waals surface area contributed by atoms with Crippen molar-refractivity contribution in [3.05, 3.63) is 106 Å². The highest BCUT2D eigenvalue weighted by atomic mass is 16.6. The SMILES string of the molecule is C=NOc1ccc(C2(c3ccc(O)c(N)c3)c3cc(C)ccc3-c3ccc(C(C)(C)C)cc32)cc1O. The molecule has 4 aromatic carbocycles. The van der Waals surface area contributed by atoms with E-state index in [1.54, 1.807) is 18.2 Å². The molecule has 0 saturated heterocycles. The fraction of sp³-hybridized carbons (Fsp3) is 0.194. The number of rotatable bonds is 4. The van der Waals surface area contributed by atoms with Crippen LogP contribution in [0.25, 0.3) is 11.1 Å². The molecule has 1 atom stereocenters. The van der Waals surface area contributed by atoms with E-state index in [0.29, 0.717) is 5.69 Å². The number of nitrogen functional groups attached to an aromatic ring is 1. The first kappa shape index (κ1) is 23.5. The zero-order chi connectivity index (χ0) is 25.8. The van der Waals surface area contributed by atoms with Gasteiger partial charge in [0.1, 0.15) is 5.75 Å². The number of oxime groups is 1. The summed E-state index contributed by atoms with van der Waals surface area (Å²) in [5, 5.41) is 24.6. The van der Waals surface area contributed by atoms with E-state index in [1.165, 1.54) is 5.56 Å². The Hall–Kier alpha value is -4.25. The number of fused-ring (bicyclic) bond motifs is 3. The average molecular weight is 479 g/mol. The largest absolute Gasteiger partial charge is 0.506 e. The van der Waals surface area contributed by atoms with Gasteiger partial charge in [-0.15, -0.1) is 0 Å². The monoisotopic (exact) mass is 478 g/mol. The van der Waals surface area contributed by atoms with E-state index < -0.39 is 5.41 Å². The van der Waals surface area contributed by atoms with Crippen molar-refractivity contribution >= 4 is 12.4 Å². The summed E-state index contributed by atoms with van der Waals surface area (Å²) in [6, 6.07) is 23.8. The van der Waals surface area contributed by atoms with Gasteiger partial charge in [0.25, 0.3) is 0 Å². The van der Waals surface area contributed by atoms with Crippen LogP contribution < -0.4 is 10.6 Å². The molecule has 182 valence electrons. The Kier molecular flexibility index (Phi) is 5.32. The lowest BCUT2D eigenvalue weighted by Crippen LogP contribution is -2.29. The number of hydrogen-bond donors (Lipinski definition) is 3. The van der Waals surface area contributed by atoms with E-state index in [2.05, 4.69) is 76.0 Å². The van der Waals surface area contributed by atoms with E-state index in [0.717, 1.165) is 38.9 Å². The molecule has 4 aromatic rings. The number of anilines is 1. The van der Waals surface area contributed by atoms with Gasteiger partial charge in [0.15, 0.2) is 11.5 Å². The Labute approximate surface area is 211 Å². The second-order valence-electron chi connectivity index (χ2n) is 10.5. The standard InChI is InChI=1S/C31H30N2O3/c1-18-6-10-22-23-11-7-19(30(2,3)4)15-25(23)31(24(22)14-18,20-8-12-27(34)26(32)16-20)21-9-13-29(36-33-5)28(35)17-21/h6-17,34-35H,5,32H2,1-4H3. The molecular weight excluding hydrogens is 448 g/mol. The molecule has 0 aliphatic heterocycles. The Morgan fingerprint density at radius 2 is 1.44 bits per heavy atom. The molecular formula is C31H30N2O3. The maximum Gasteiger partial charge on any atom is 0.199 e. The first-order valence-electron chi connectivity index (χ1n) is 11.9. The summed E-state index contributed by atoms with van der Waals surface area (Å²) >= 11 is 0. The summed E-state index contributed by atoms with van der Waals surface area (Å²) in [7, 11) is 0. The van der Waals surface area contributed by atoms with Crippen LogP contribution in [0.5, 0.6) is 17.2 Å². The highest BCUT2D eigenvalue weighted by molar-refractivity contribution is 5.87. The lowest BCUT2D eigenvalue weighted by Gasteiger charge is -2.35. The van der Waals surface area contributed by atoms with Crippen LogP contribution in [0.3, 0.4) is 0 Å². The van der Waals surface area contributed by atoms with Crippen LogP contribution in [0.15, 0.2) is 78.0 Å². The molecule has 1 unspecified atom stereocenters. The van der Waals surface area contributed by atoms with Gasteiger partial charge in [-0.1, -0.05) is 80.0 Å². The Bertz CT molecular complexity index is 1520. The van der Waals surface area contributed by atoms with Crippen LogP contribution in [-0.2, 0) is 10.8 Å². The van der Waals surface area contributed by atoms with Crippen LogP contribution >= 0.6 is 0 Å². The molecule has 4 N–H and O–H groups in total. The minimum absolute atomic E-state index is 0.0312. The molecule has 0 bridgehead atoms. The average Bonchev–Trinajstić information content (AvgIpc) is 3.11. The smallest absolute Gasteiger partial charge is 0.199 e. The van der Waals surface area contributed by atoms with Crippen LogP contribution in [0, 0.1) is 6.92 Å². The summed E-state index contributed by atoms with van der Waals surface area (Å²) < 4.78 is 0. The number of aryl methyl sites for hydroxylation is 1. The highest BCUT2D eigenvalue weighted by Crippen LogP contribution is 2.58. The van der Waals surface area contributed by atoms with Crippen LogP contribution in [0.2, 0.25) is 0 Å². The van der Waals surface area contributed by atoms with Crippen LogP contribution in [0.1, 0.15) is 54.2 Å². The quantitative estimate of drug-likeness (QED) is 0.117. The van der Waals surface area contributed by atoms with Gasteiger partial charge in [-0.05, 0) is 75.5 Å². The maximum absolute atomic E-state index is 10.9. The Morgan fingerprint density at radius 1 is 0.806 bits per heavy atom. The normalized spacial score (nSPS) is 16.3. The van der Waals surface area contributed by atoms with Crippen LogP contribution in [-0.4, -0.2) is 16.9 Å². The molecule has 0 aromatic heterocycles. The molecule has 5 heteroatoms. The predicted molar refractivity (Wildman–Crippen MR) is 145 cm³/mol. The van der Waals surface area contributed by atoms with Crippen molar-refractivity contribution in [2.45, 2.75) is 38.5 Å². The Morgan fingerprint density at radius 3 is 2.08 bits per heavy atom. The number of nitrogens with two attached hydrogens (primary N) is 1. The molecule has 5 rings (SSSR count). The predicted octanol–water partition coefficient (Wildman–Crippen LogP) is 6.64. The first-order valence-corrected chi connectivity index (χ1v) is 11.9. The number of nitrogens with zero attached hydrogens (tertiary/aromatic N) is 1. The van der Waals surface area contributed by atoms with Gasteiger partial charge in [0, 0.05) is 6.72 Å². The van der Waals surface area contributed by atoms with E-state index >= 15 is 0 Å². The van der Waals surface area contributed by atoms with E-state index in [-0.39, 0.29) is 22.7 Å². The molecule has 0 spiro atoms. The lowest BCUT2D eigenvalue weighted by atomic mass is 9.66. The molecule has 0 fully saturated rings. The zero-order valence-corrected chi connectivity index (χ0v) is 21.0. The number of phenols is 2. The second kappa shape index (κ2) is 8.16. The van der Waals surface area contributed by atoms with E-state index in [4.69, 9.17) is 10.6 Å². The van der Waals surface area contributed by atoms with Gasteiger partial charge in [-0.25, -0.2) is 0 Å². The van der Waals surface area contributed by atoms with Crippen molar-refractivity contribution in [1.82, 2.24) is 0 Å². The number of aromatic hydroxyl groups is 2. The third kappa shape index (κ3) is 3.42. The van der Waals surface area contributed by atoms with Crippen LogP contribution in [0.4, 0.5) is 5.69 Å². The second-order valence-corrected chi connectivity index (χ2v) is 10.5. The van der Waals surface area contributed by atoms with Gasteiger partial charge in [0.2, 0.25) is 0 Å². The number of phenolic OH excluding ortho intramolecular Hbond substituents is 2. The fourth-order valence-electron chi connectivity index (χ4n) is 5.38. The molecule has 0 heterocycles. The lowest BCUT2D eigenvalue weighted by molar-refractivity contribution is 0.321. The van der Waals surface area contributed by atoms with Crippen molar-refractivity contribution in [3.63, 3.8) is 0 Å². The molecule has 0 saturated carbocycles. The minimum Gasteiger partial charge on any atom is -0.506 e. The van der Waals surface area contributed by atoms with Gasteiger partial charge in [-0.3, -0.25) is 0 Å². The molecule has 36 heavy (non-hydrogen) atoms. The third-order valence-electron chi connectivity index (χ3n) is 7.17. The fourth-order valence-corrected chi connectivity index (χ4v) is 5.38.